The maximum Gasteiger partial charge on any atom is 0.336 e. The molecule has 248 valence electrons. The molecule has 0 aliphatic rings. The highest BCUT2D eigenvalue weighted by atomic mass is 16.6. The number of hydrogen-bond acceptors (Lipinski definition) is 12. The molecule has 0 saturated heterocycles. The number of nitrogens with zero attached hydrogens (tertiary/aromatic N) is 4. The SMILES string of the molecule is C/C=C/C(=O)Oc1c(C(CC)CC)cc([N+](=O)[O-])cc1[N+](=O)[O-].C/C=C/C(=O)Oc1c([N+](=O)[O-])cc(C(CC)CC)cc1[N+](=O)[O-]. The third kappa shape index (κ3) is 10.3. The number of esters is 2. The predicted octanol–water partition coefficient (Wildman–Crippen LogP) is 7.78. The van der Waals surface area contributed by atoms with Gasteiger partial charge in [0.25, 0.3) is 11.4 Å². The summed E-state index contributed by atoms with van der Waals surface area (Å²) >= 11 is 0. The van der Waals surface area contributed by atoms with Gasteiger partial charge in [0, 0.05) is 35.9 Å². The number of non-ortho nitro benzene ring substituents is 1. The zero-order valence-corrected chi connectivity index (χ0v) is 26.3. The van der Waals surface area contributed by atoms with Crippen LogP contribution in [0, 0.1) is 40.5 Å². The lowest BCUT2D eigenvalue weighted by molar-refractivity contribution is -0.395. The highest BCUT2D eigenvalue weighted by molar-refractivity contribution is 5.86. The number of rotatable bonds is 14. The van der Waals surface area contributed by atoms with Gasteiger partial charge in [0.05, 0.1) is 25.8 Å². The molecule has 0 heterocycles. The lowest BCUT2D eigenvalue weighted by Crippen LogP contribution is -2.10. The molecule has 0 spiro atoms. The summed E-state index contributed by atoms with van der Waals surface area (Å²) in [6.07, 6.45) is 7.54. The molecular weight excluding hydrogens is 608 g/mol. The van der Waals surface area contributed by atoms with Crippen LogP contribution in [0.5, 0.6) is 11.5 Å². The Morgan fingerprint density at radius 1 is 0.630 bits per heavy atom. The second-order valence-electron chi connectivity index (χ2n) is 9.67. The first-order valence-electron chi connectivity index (χ1n) is 14.3. The van der Waals surface area contributed by atoms with Crippen LogP contribution in [0.3, 0.4) is 0 Å². The van der Waals surface area contributed by atoms with Crippen LogP contribution in [0.15, 0.2) is 48.6 Å². The fourth-order valence-electron chi connectivity index (χ4n) is 4.54. The molecule has 0 amide bonds. The van der Waals surface area contributed by atoms with E-state index in [0.717, 1.165) is 18.2 Å². The molecule has 0 atom stereocenters. The van der Waals surface area contributed by atoms with E-state index in [4.69, 9.17) is 9.47 Å². The highest BCUT2D eigenvalue weighted by Gasteiger charge is 2.32. The fraction of sp³-hybridized carbons (Fsp3) is 0.400. The summed E-state index contributed by atoms with van der Waals surface area (Å²) in [6.45, 7) is 10.7. The van der Waals surface area contributed by atoms with Crippen LogP contribution in [0.2, 0.25) is 0 Å². The van der Waals surface area contributed by atoms with Crippen molar-refractivity contribution < 1.29 is 38.8 Å². The number of carbonyl (C=O) groups is 2. The number of nitro groups is 4. The molecule has 0 aliphatic heterocycles. The molecule has 2 aromatic rings. The van der Waals surface area contributed by atoms with Crippen molar-refractivity contribution in [1.29, 1.82) is 0 Å². The Hall–Kier alpha value is -5.54. The van der Waals surface area contributed by atoms with Crippen LogP contribution in [0.4, 0.5) is 22.7 Å². The number of hydrogen-bond donors (Lipinski definition) is 0. The van der Waals surface area contributed by atoms with Crippen molar-refractivity contribution in [3.05, 3.63) is 100 Å². The molecule has 0 unspecified atom stereocenters. The third-order valence-electron chi connectivity index (χ3n) is 6.85. The van der Waals surface area contributed by atoms with Crippen LogP contribution in [0.25, 0.3) is 0 Å². The summed E-state index contributed by atoms with van der Waals surface area (Å²) in [5.41, 5.74) is -1.37. The zero-order chi connectivity index (χ0) is 35.1. The molecule has 46 heavy (non-hydrogen) atoms. The van der Waals surface area contributed by atoms with E-state index in [-0.39, 0.29) is 17.6 Å². The molecule has 0 radical (unpaired) electrons. The van der Waals surface area contributed by atoms with E-state index in [9.17, 15) is 50.0 Å². The van der Waals surface area contributed by atoms with Crippen LogP contribution in [-0.4, -0.2) is 31.6 Å². The summed E-state index contributed by atoms with van der Waals surface area (Å²) in [7, 11) is 0. The van der Waals surface area contributed by atoms with Gasteiger partial charge >= 0.3 is 29.0 Å². The minimum Gasteiger partial charge on any atom is -0.416 e. The van der Waals surface area contributed by atoms with Crippen LogP contribution in [-0.2, 0) is 9.59 Å². The van der Waals surface area contributed by atoms with Crippen LogP contribution >= 0.6 is 0 Å². The molecule has 2 rings (SSSR count). The van der Waals surface area contributed by atoms with E-state index in [1.807, 2.05) is 27.7 Å². The second kappa shape index (κ2) is 18.3. The Morgan fingerprint density at radius 2 is 1.02 bits per heavy atom. The maximum atomic E-state index is 11.7. The average Bonchev–Trinajstić information content (AvgIpc) is 2.99. The molecule has 0 saturated carbocycles. The summed E-state index contributed by atoms with van der Waals surface area (Å²) in [5, 5.41) is 44.8. The van der Waals surface area contributed by atoms with Crippen molar-refractivity contribution in [3.63, 3.8) is 0 Å². The first kappa shape index (κ1) is 38.5. The van der Waals surface area contributed by atoms with E-state index in [1.165, 1.54) is 30.4 Å². The highest BCUT2D eigenvalue weighted by Crippen LogP contribution is 2.42. The Balaban J connectivity index is 0.000000460. The molecule has 0 N–H and O–H groups in total. The lowest BCUT2D eigenvalue weighted by Gasteiger charge is -2.16. The molecule has 0 aliphatic carbocycles. The fourth-order valence-corrected chi connectivity index (χ4v) is 4.54. The monoisotopic (exact) mass is 644 g/mol. The first-order chi connectivity index (χ1) is 21.7. The molecule has 16 nitrogen and oxygen atoms in total. The predicted molar refractivity (Wildman–Crippen MR) is 167 cm³/mol. The van der Waals surface area contributed by atoms with Crippen molar-refractivity contribution in [3.8, 4) is 11.5 Å². The maximum absolute atomic E-state index is 11.7. The van der Waals surface area contributed by atoms with E-state index < -0.39 is 60.1 Å². The summed E-state index contributed by atoms with van der Waals surface area (Å²) in [6, 6.07) is 4.53. The lowest BCUT2D eigenvalue weighted by atomic mass is 9.92. The average molecular weight is 645 g/mol. The smallest absolute Gasteiger partial charge is 0.336 e. The minimum absolute atomic E-state index is 0.0484. The van der Waals surface area contributed by atoms with Gasteiger partial charge < -0.3 is 9.47 Å². The molecular formula is C30H36N4O12. The van der Waals surface area contributed by atoms with Gasteiger partial charge in [0.15, 0.2) is 0 Å². The van der Waals surface area contributed by atoms with E-state index in [1.54, 1.807) is 13.8 Å². The number of carbonyl (C=O) groups excluding carboxylic acids is 2. The van der Waals surface area contributed by atoms with Gasteiger partial charge in [-0.05, 0) is 56.9 Å². The Bertz CT molecular complexity index is 1470. The van der Waals surface area contributed by atoms with Gasteiger partial charge in [-0.25, -0.2) is 9.59 Å². The van der Waals surface area contributed by atoms with Gasteiger partial charge in [-0.1, -0.05) is 39.8 Å². The number of allylic oxidation sites excluding steroid dienone is 2. The van der Waals surface area contributed by atoms with Crippen molar-refractivity contribution in [2.24, 2.45) is 0 Å². The largest absolute Gasteiger partial charge is 0.416 e. The molecule has 0 bridgehead atoms. The summed E-state index contributed by atoms with van der Waals surface area (Å²) in [5.74, 6) is -2.78. The number of benzene rings is 2. The van der Waals surface area contributed by atoms with Gasteiger partial charge in [0.2, 0.25) is 5.75 Å². The first-order valence-corrected chi connectivity index (χ1v) is 14.3. The quantitative estimate of drug-likeness (QED) is 0.0631. The molecule has 0 fully saturated rings. The Kier molecular flexibility index (Phi) is 15.3. The van der Waals surface area contributed by atoms with Gasteiger partial charge in [-0.2, -0.15) is 0 Å². The summed E-state index contributed by atoms with van der Waals surface area (Å²) in [4.78, 5) is 65.0. The second-order valence-corrected chi connectivity index (χ2v) is 9.67. The number of ether oxygens (including phenoxy) is 2. The van der Waals surface area contributed by atoms with Gasteiger partial charge in [-0.15, -0.1) is 0 Å². The van der Waals surface area contributed by atoms with Crippen molar-refractivity contribution in [2.45, 2.75) is 79.1 Å². The van der Waals surface area contributed by atoms with Crippen molar-refractivity contribution in [1.82, 2.24) is 0 Å². The van der Waals surface area contributed by atoms with Crippen molar-refractivity contribution >= 4 is 34.7 Å². The van der Waals surface area contributed by atoms with Crippen molar-refractivity contribution in [2.75, 3.05) is 0 Å². The van der Waals surface area contributed by atoms with E-state index in [2.05, 4.69) is 0 Å². The molecule has 0 aromatic heterocycles. The normalized spacial score (nSPS) is 11.0. The van der Waals surface area contributed by atoms with E-state index in [0.29, 0.717) is 36.8 Å². The van der Waals surface area contributed by atoms with E-state index >= 15 is 0 Å². The number of nitro benzene ring substituents is 4. The minimum atomic E-state index is -0.908. The van der Waals surface area contributed by atoms with Crippen LogP contribution < -0.4 is 9.47 Å². The van der Waals surface area contributed by atoms with Crippen LogP contribution in [0.1, 0.15) is 90.2 Å². The Labute approximate surface area is 264 Å². The zero-order valence-electron chi connectivity index (χ0n) is 26.3. The molecule has 16 heteroatoms. The third-order valence-corrected chi connectivity index (χ3v) is 6.85. The molecule has 2 aromatic carbocycles. The van der Waals surface area contributed by atoms with Gasteiger partial charge in [-0.3, -0.25) is 40.5 Å². The topological polar surface area (TPSA) is 225 Å². The standard InChI is InChI=1S/2C15H18N2O6/c1-4-7-14(18)23-15-12(10(5-2)6-3)8-11(16(19)20)9-13(15)17(21)22;1-4-7-14(18)23-15-12(16(19)20)8-11(10(5-2)6-3)9-13(15)17(21)22/h2*4,7-10H,5-6H2,1-3H3/b2*7-4+. The van der Waals surface area contributed by atoms with Gasteiger partial charge in [0.1, 0.15) is 0 Å². The summed E-state index contributed by atoms with van der Waals surface area (Å²) < 4.78 is 9.94. The Morgan fingerprint density at radius 3 is 1.37 bits per heavy atom.